The van der Waals surface area contributed by atoms with Crippen molar-refractivity contribution in [2.75, 3.05) is 17.7 Å². The van der Waals surface area contributed by atoms with Gasteiger partial charge in [-0.2, -0.15) is 0 Å². The summed E-state index contributed by atoms with van der Waals surface area (Å²) in [5, 5.41) is 2.73. The second-order valence-corrected chi connectivity index (χ2v) is 5.55. The lowest BCUT2D eigenvalue weighted by molar-refractivity contribution is -0.118. The van der Waals surface area contributed by atoms with E-state index in [1.54, 1.807) is 12.1 Å². The predicted molar refractivity (Wildman–Crippen MR) is 83.5 cm³/mol. The van der Waals surface area contributed by atoms with Crippen molar-refractivity contribution in [3.63, 3.8) is 0 Å². The number of carbonyl (C=O) groups is 1. The molecule has 0 aliphatic carbocycles. The number of hydrogen-bond acceptors (Lipinski definition) is 4. The van der Waals surface area contributed by atoms with Crippen molar-refractivity contribution in [3.8, 4) is 11.5 Å². The molecule has 1 aliphatic heterocycles. The minimum Gasteiger partial charge on any atom is -0.487 e. The Morgan fingerprint density at radius 1 is 1.29 bits per heavy atom. The van der Waals surface area contributed by atoms with E-state index in [2.05, 4.69) is 21.2 Å². The van der Waals surface area contributed by atoms with Crippen LogP contribution in [-0.2, 0) is 11.4 Å². The lowest BCUT2D eigenvalue weighted by Crippen LogP contribution is -2.25. The molecule has 0 bridgehead atoms. The number of nitrogens with two attached hydrogens (primary N) is 1. The number of nitrogen functional groups attached to an aromatic ring is 1. The molecule has 0 saturated carbocycles. The molecule has 0 radical (unpaired) electrons. The Morgan fingerprint density at radius 3 is 2.81 bits per heavy atom. The van der Waals surface area contributed by atoms with Crippen LogP contribution in [0.1, 0.15) is 5.56 Å². The van der Waals surface area contributed by atoms with Crippen molar-refractivity contribution < 1.29 is 14.3 Å². The van der Waals surface area contributed by atoms with Crippen LogP contribution in [0.25, 0.3) is 0 Å². The van der Waals surface area contributed by atoms with Gasteiger partial charge in [-0.1, -0.05) is 28.1 Å². The molecule has 0 unspecified atom stereocenters. The van der Waals surface area contributed by atoms with Gasteiger partial charge in [0.05, 0.1) is 11.4 Å². The molecule has 0 spiro atoms. The van der Waals surface area contributed by atoms with Gasteiger partial charge in [-0.25, -0.2) is 0 Å². The molecule has 0 aromatic heterocycles. The van der Waals surface area contributed by atoms with E-state index in [0.717, 1.165) is 10.0 Å². The lowest BCUT2D eigenvalue weighted by atomic mass is 10.2. The summed E-state index contributed by atoms with van der Waals surface area (Å²) in [5.41, 5.74) is 8.02. The van der Waals surface area contributed by atoms with E-state index >= 15 is 0 Å². The standard InChI is InChI=1S/C15H13BrN2O3/c16-10-3-1-9(2-4-10)7-20-13-6-12-14(5-11(13)17)21-8-15(19)18-12/h1-6H,7-8,17H2,(H,18,19). The quantitative estimate of drug-likeness (QED) is 0.836. The first-order valence-corrected chi connectivity index (χ1v) is 7.14. The summed E-state index contributed by atoms with van der Waals surface area (Å²) in [5.74, 6) is 0.886. The first kappa shape index (κ1) is 13.8. The fourth-order valence-corrected chi connectivity index (χ4v) is 2.25. The van der Waals surface area contributed by atoms with Crippen LogP contribution in [0.15, 0.2) is 40.9 Å². The average Bonchev–Trinajstić information content (AvgIpc) is 2.47. The molecule has 108 valence electrons. The smallest absolute Gasteiger partial charge is 0.262 e. The van der Waals surface area contributed by atoms with Crippen molar-refractivity contribution in [2.24, 2.45) is 0 Å². The van der Waals surface area contributed by atoms with Gasteiger partial charge in [0.15, 0.2) is 6.61 Å². The van der Waals surface area contributed by atoms with Crippen LogP contribution in [0.3, 0.4) is 0 Å². The zero-order valence-electron chi connectivity index (χ0n) is 11.1. The average molecular weight is 349 g/mol. The van der Waals surface area contributed by atoms with Gasteiger partial charge in [0.2, 0.25) is 0 Å². The minimum atomic E-state index is -0.189. The zero-order valence-corrected chi connectivity index (χ0v) is 12.6. The molecule has 3 rings (SSSR count). The maximum absolute atomic E-state index is 11.3. The molecular weight excluding hydrogens is 336 g/mol. The lowest BCUT2D eigenvalue weighted by Gasteiger charge is -2.20. The van der Waals surface area contributed by atoms with Crippen molar-refractivity contribution in [2.45, 2.75) is 6.61 Å². The van der Waals surface area contributed by atoms with E-state index < -0.39 is 0 Å². The fourth-order valence-electron chi connectivity index (χ4n) is 1.99. The fraction of sp³-hybridized carbons (Fsp3) is 0.133. The van der Waals surface area contributed by atoms with Crippen molar-refractivity contribution in [1.29, 1.82) is 0 Å². The summed E-state index contributed by atoms with van der Waals surface area (Å²) in [7, 11) is 0. The number of nitrogens with one attached hydrogen (secondary N) is 1. The Balaban J connectivity index is 1.77. The maximum atomic E-state index is 11.3. The summed E-state index contributed by atoms with van der Waals surface area (Å²) >= 11 is 3.38. The number of fused-ring (bicyclic) bond motifs is 1. The van der Waals surface area contributed by atoms with Crippen LogP contribution in [0.5, 0.6) is 11.5 Å². The van der Waals surface area contributed by atoms with Crippen LogP contribution in [0.2, 0.25) is 0 Å². The second-order valence-electron chi connectivity index (χ2n) is 4.64. The second kappa shape index (κ2) is 5.65. The highest BCUT2D eigenvalue weighted by Crippen LogP contribution is 2.36. The van der Waals surface area contributed by atoms with E-state index in [1.807, 2.05) is 24.3 Å². The number of amides is 1. The molecular formula is C15H13BrN2O3. The molecule has 6 heteroatoms. The van der Waals surface area contributed by atoms with Gasteiger partial charge in [-0.15, -0.1) is 0 Å². The molecule has 1 heterocycles. The zero-order chi connectivity index (χ0) is 14.8. The van der Waals surface area contributed by atoms with Gasteiger partial charge in [-0.3, -0.25) is 4.79 Å². The molecule has 2 aromatic rings. The molecule has 2 aromatic carbocycles. The van der Waals surface area contributed by atoms with E-state index in [1.165, 1.54) is 0 Å². The SMILES string of the molecule is Nc1cc2c(cc1OCc1ccc(Br)cc1)NC(=O)CO2. The van der Waals surface area contributed by atoms with Gasteiger partial charge in [0.1, 0.15) is 18.1 Å². The van der Waals surface area contributed by atoms with E-state index in [0.29, 0.717) is 29.5 Å². The third-order valence-corrected chi connectivity index (χ3v) is 3.58. The minimum absolute atomic E-state index is 0.00549. The van der Waals surface area contributed by atoms with E-state index in [4.69, 9.17) is 15.2 Å². The molecule has 0 saturated heterocycles. The van der Waals surface area contributed by atoms with Crippen LogP contribution < -0.4 is 20.5 Å². The summed E-state index contributed by atoms with van der Waals surface area (Å²) < 4.78 is 12.0. The van der Waals surface area contributed by atoms with E-state index in [-0.39, 0.29) is 12.5 Å². The third kappa shape index (κ3) is 3.11. The number of halogens is 1. The third-order valence-electron chi connectivity index (χ3n) is 3.05. The molecule has 21 heavy (non-hydrogen) atoms. The molecule has 1 amide bonds. The van der Waals surface area contributed by atoms with Crippen molar-refractivity contribution >= 4 is 33.2 Å². The Kier molecular flexibility index (Phi) is 3.70. The summed E-state index contributed by atoms with van der Waals surface area (Å²) in [4.78, 5) is 11.3. The summed E-state index contributed by atoms with van der Waals surface area (Å²) in [6, 6.07) is 11.2. The van der Waals surface area contributed by atoms with Gasteiger partial charge in [0, 0.05) is 16.6 Å². The van der Waals surface area contributed by atoms with Crippen LogP contribution in [0.4, 0.5) is 11.4 Å². The van der Waals surface area contributed by atoms with Gasteiger partial charge < -0.3 is 20.5 Å². The van der Waals surface area contributed by atoms with Crippen LogP contribution >= 0.6 is 15.9 Å². The number of ether oxygens (including phenoxy) is 2. The number of benzene rings is 2. The first-order chi connectivity index (χ1) is 10.1. The number of anilines is 2. The summed E-state index contributed by atoms with van der Waals surface area (Å²) in [6.45, 7) is 0.399. The Hall–Kier alpha value is -2.21. The van der Waals surface area contributed by atoms with Crippen LogP contribution in [0, 0.1) is 0 Å². The van der Waals surface area contributed by atoms with Gasteiger partial charge in [0.25, 0.3) is 5.91 Å². The topological polar surface area (TPSA) is 73.6 Å². The number of carbonyl (C=O) groups excluding carboxylic acids is 1. The molecule has 0 atom stereocenters. The Morgan fingerprint density at radius 2 is 2.05 bits per heavy atom. The number of hydrogen-bond donors (Lipinski definition) is 2. The number of rotatable bonds is 3. The van der Waals surface area contributed by atoms with Crippen molar-refractivity contribution in [3.05, 3.63) is 46.4 Å². The first-order valence-electron chi connectivity index (χ1n) is 6.35. The molecule has 1 aliphatic rings. The molecule has 5 nitrogen and oxygen atoms in total. The Bertz CT molecular complexity index is 686. The van der Waals surface area contributed by atoms with Crippen molar-refractivity contribution in [1.82, 2.24) is 0 Å². The summed E-state index contributed by atoms with van der Waals surface area (Å²) in [6.07, 6.45) is 0. The highest BCUT2D eigenvalue weighted by atomic mass is 79.9. The predicted octanol–water partition coefficient (Wildman–Crippen LogP) is 2.94. The van der Waals surface area contributed by atoms with Crippen LogP contribution in [-0.4, -0.2) is 12.5 Å². The van der Waals surface area contributed by atoms with Gasteiger partial charge >= 0.3 is 0 Å². The monoisotopic (exact) mass is 348 g/mol. The van der Waals surface area contributed by atoms with Gasteiger partial charge in [-0.05, 0) is 17.7 Å². The Labute approximate surface area is 130 Å². The molecule has 0 fully saturated rings. The normalized spacial score (nSPS) is 13.1. The maximum Gasteiger partial charge on any atom is 0.262 e. The van der Waals surface area contributed by atoms with E-state index in [9.17, 15) is 4.79 Å². The highest BCUT2D eigenvalue weighted by Gasteiger charge is 2.18. The largest absolute Gasteiger partial charge is 0.487 e. The molecule has 3 N–H and O–H groups in total. The highest BCUT2D eigenvalue weighted by molar-refractivity contribution is 9.10.